The first-order valence-electron chi connectivity index (χ1n) is 8.71. The van der Waals surface area contributed by atoms with Crippen LogP contribution < -0.4 is 14.8 Å². The van der Waals surface area contributed by atoms with Crippen molar-refractivity contribution in [3.8, 4) is 5.75 Å². The Balaban J connectivity index is 1.59. The molecule has 0 radical (unpaired) electrons. The number of carbonyl (C=O) groups excluding carboxylic acids is 1. The molecule has 0 fully saturated rings. The van der Waals surface area contributed by atoms with Crippen molar-refractivity contribution >= 4 is 27.7 Å². The number of rotatable bonds is 8. The smallest absolute Gasteiger partial charge is 0.248 e. The minimum atomic E-state index is -3.66. The Hall–Kier alpha value is -3.36. The predicted molar refractivity (Wildman–Crippen MR) is 110 cm³/mol. The van der Waals surface area contributed by atoms with Gasteiger partial charge in [-0.1, -0.05) is 18.2 Å². The maximum atomic E-state index is 12.3. The largest absolute Gasteiger partial charge is 0.497 e. The van der Waals surface area contributed by atoms with Crippen LogP contribution in [0.4, 0.5) is 5.69 Å². The van der Waals surface area contributed by atoms with Crippen LogP contribution in [0.5, 0.6) is 5.75 Å². The molecule has 2 N–H and O–H groups in total. The third-order valence-electron chi connectivity index (χ3n) is 3.97. The second-order valence-electron chi connectivity index (χ2n) is 6.03. The van der Waals surface area contributed by atoms with Gasteiger partial charge in [0, 0.05) is 17.8 Å². The highest BCUT2D eigenvalue weighted by Gasteiger charge is 2.13. The fourth-order valence-corrected chi connectivity index (χ4v) is 3.47. The highest BCUT2D eigenvalue weighted by Crippen LogP contribution is 2.17. The molecule has 8 heteroatoms. The van der Waals surface area contributed by atoms with E-state index < -0.39 is 10.0 Å². The fourth-order valence-electron chi connectivity index (χ4n) is 2.48. The molecule has 1 amide bonds. The van der Waals surface area contributed by atoms with Gasteiger partial charge in [0.05, 0.1) is 24.8 Å². The third-order valence-corrected chi connectivity index (χ3v) is 5.39. The van der Waals surface area contributed by atoms with Crippen LogP contribution in [0.15, 0.2) is 82.3 Å². The number of benzene rings is 2. The number of ether oxygens (including phenoxy) is 1. The molecular formula is C21H20N2O5S. The van der Waals surface area contributed by atoms with Crippen LogP contribution in [-0.2, 0) is 21.4 Å². The average Bonchev–Trinajstić information content (AvgIpc) is 3.25. The van der Waals surface area contributed by atoms with E-state index in [-0.39, 0.29) is 17.3 Å². The monoisotopic (exact) mass is 412 g/mol. The highest BCUT2D eigenvalue weighted by molar-refractivity contribution is 7.89. The molecule has 0 bridgehead atoms. The summed E-state index contributed by atoms with van der Waals surface area (Å²) in [5, 5.41) is 2.73. The summed E-state index contributed by atoms with van der Waals surface area (Å²) in [5.41, 5.74) is 1.30. The summed E-state index contributed by atoms with van der Waals surface area (Å²) in [7, 11) is -2.10. The van der Waals surface area contributed by atoms with E-state index in [2.05, 4.69) is 10.0 Å². The quantitative estimate of drug-likeness (QED) is 0.553. The Morgan fingerprint density at radius 3 is 2.59 bits per heavy atom. The molecular weight excluding hydrogens is 392 g/mol. The number of nitrogens with one attached hydrogen (secondary N) is 2. The summed E-state index contributed by atoms with van der Waals surface area (Å²) >= 11 is 0. The summed E-state index contributed by atoms with van der Waals surface area (Å²) in [4.78, 5) is 12.2. The lowest BCUT2D eigenvalue weighted by Crippen LogP contribution is -2.22. The Labute approximate surface area is 169 Å². The molecule has 0 saturated carbocycles. The van der Waals surface area contributed by atoms with Gasteiger partial charge in [0.15, 0.2) is 0 Å². The van der Waals surface area contributed by atoms with Gasteiger partial charge < -0.3 is 14.5 Å². The van der Waals surface area contributed by atoms with Crippen LogP contribution in [0.25, 0.3) is 6.08 Å². The van der Waals surface area contributed by atoms with E-state index in [1.807, 2.05) is 0 Å². The summed E-state index contributed by atoms with van der Waals surface area (Å²) in [6.07, 6.45) is 4.45. The van der Waals surface area contributed by atoms with Crippen molar-refractivity contribution in [3.05, 3.63) is 84.3 Å². The summed E-state index contributed by atoms with van der Waals surface area (Å²) in [6, 6.07) is 16.6. The van der Waals surface area contributed by atoms with Gasteiger partial charge in [-0.2, -0.15) is 0 Å². The second kappa shape index (κ2) is 9.22. The molecule has 1 aromatic heterocycles. The molecule has 7 nitrogen and oxygen atoms in total. The van der Waals surface area contributed by atoms with Gasteiger partial charge >= 0.3 is 0 Å². The first kappa shape index (κ1) is 20.4. The first-order valence-corrected chi connectivity index (χ1v) is 10.2. The fraction of sp³-hybridized carbons (Fsp3) is 0.0952. The van der Waals surface area contributed by atoms with Crippen molar-refractivity contribution in [2.75, 3.05) is 12.4 Å². The Bertz CT molecular complexity index is 1090. The van der Waals surface area contributed by atoms with Crippen LogP contribution >= 0.6 is 0 Å². The van der Waals surface area contributed by atoms with E-state index >= 15 is 0 Å². The van der Waals surface area contributed by atoms with Crippen molar-refractivity contribution in [2.24, 2.45) is 0 Å². The topological polar surface area (TPSA) is 97.6 Å². The standard InChI is InChI=1S/C21H20N2O5S/c1-27-18-5-2-4-17(14-18)23-21(24)12-9-16-7-10-20(11-8-16)29(25,26)22-15-19-6-3-13-28-19/h2-14,22H,15H2,1H3,(H,23,24)/b12-9+. The van der Waals surface area contributed by atoms with Crippen molar-refractivity contribution in [3.63, 3.8) is 0 Å². The van der Waals surface area contributed by atoms with Crippen molar-refractivity contribution in [2.45, 2.75) is 11.4 Å². The van der Waals surface area contributed by atoms with Crippen molar-refractivity contribution in [1.82, 2.24) is 4.72 Å². The molecule has 0 spiro atoms. The number of furan rings is 1. The minimum Gasteiger partial charge on any atom is -0.497 e. The molecule has 3 rings (SSSR count). The number of hydrogen-bond acceptors (Lipinski definition) is 5. The maximum absolute atomic E-state index is 12.3. The molecule has 0 atom stereocenters. The number of anilines is 1. The van der Waals surface area contributed by atoms with Gasteiger partial charge in [0.1, 0.15) is 11.5 Å². The van der Waals surface area contributed by atoms with Gasteiger partial charge in [0.25, 0.3) is 0 Å². The molecule has 150 valence electrons. The lowest BCUT2D eigenvalue weighted by molar-refractivity contribution is -0.111. The van der Waals surface area contributed by atoms with E-state index in [9.17, 15) is 13.2 Å². The van der Waals surface area contributed by atoms with E-state index in [1.54, 1.807) is 61.7 Å². The highest BCUT2D eigenvalue weighted by atomic mass is 32.2. The van der Waals surface area contributed by atoms with E-state index in [0.717, 1.165) is 0 Å². The van der Waals surface area contributed by atoms with Gasteiger partial charge in [-0.3, -0.25) is 4.79 Å². The second-order valence-corrected chi connectivity index (χ2v) is 7.79. The Morgan fingerprint density at radius 2 is 1.90 bits per heavy atom. The third kappa shape index (κ3) is 5.81. The van der Waals surface area contributed by atoms with Crippen molar-refractivity contribution < 1.29 is 22.4 Å². The van der Waals surface area contributed by atoms with Gasteiger partial charge in [-0.15, -0.1) is 0 Å². The molecule has 1 heterocycles. The number of methoxy groups -OCH3 is 1. The zero-order chi connectivity index (χ0) is 20.7. The zero-order valence-electron chi connectivity index (χ0n) is 15.7. The number of carbonyl (C=O) groups is 1. The van der Waals surface area contributed by atoms with Crippen LogP contribution in [0.3, 0.4) is 0 Å². The number of hydrogen-bond donors (Lipinski definition) is 2. The van der Waals surface area contributed by atoms with E-state index in [1.165, 1.54) is 24.5 Å². The molecule has 0 aliphatic carbocycles. The molecule has 3 aromatic rings. The molecule has 2 aromatic carbocycles. The van der Waals surface area contributed by atoms with Crippen LogP contribution in [0.1, 0.15) is 11.3 Å². The summed E-state index contributed by atoms with van der Waals surface area (Å²) in [6.45, 7) is 0.0709. The first-order chi connectivity index (χ1) is 14.0. The van der Waals surface area contributed by atoms with Gasteiger partial charge in [0.2, 0.25) is 15.9 Å². The number of sulfonamides is 1. The SMILES string of the molecule is COc1cccc(NC(=O)/C=C/c2ccc(S(=O)(=O)NCc3ccco3)cc2)c1. The maximum Gasteiger partial charge on any atom is 0.248 e. The van der Waals surface area contributed by atoms with E-state index in [4.69, 9.17) is 9.15 Å². The van der Waals surface area contributed by atoms with Crippen LogP contribution in [0, 0.1) is 0 Å². The number of amides is 1. The van der Waals surface area contributed by atoms with Gasteiger partial charge in [-0.25, -0.2) is 13.1 Å². The Morgan fingerprint density at radius 1 is 1.10 bits per heavy atom. The summed E-state index contributed by atoms with van der Waals surface area (Å²) in [5.74, 6) is 0.856. The van der Waals surface area contributed by atoms with Gasteiger partial charge in [-0.05, 0) is 48.0 Å². The molecule has 0 aliphatic rings. The van der Waals surface area contributed by atoms with Crippen LogP contribution in [0.2, 0.25) is 0 Å². The predicted octanol–water partition coefficient (Wildman–Crippen LogP) is 3.42. The van der Waals surface area contributed by atoms with Crippen molar-refractivity contribution in [1.29, 1.82) is 0 Å². The lowest BCUT2D eigenvalue weighted by atomic mass is 10.2. The van der Waals surface area contributed by atoms with E-state index in [0.29, 0.717) is 22.8 Å². The molecule has 0 unspecified atom stereocenters. The van der Waals surface area contributed by atoms with Crippen LogP contribution in [-0.4, -0.2) is 21.4 Å². The zero-order valence-corrected chi connectivity index (χ0v) is 16.5. The average molecular weight is 412 g/mol. The lowest BCUT2D eigenvalue weighted by Gasteiger charge is -2.06. The Kier molecular flexibility index (Phi) is 6.48. The molecule has 0 saturated heterocycles. The minimum absolute atomic E-state index is 0.0709. The summed E-state index contributed by atoms with van der Waals surface area (Å²) < 4.78 is 37.3. The molecule has 0 aliphatic heterocycles. The molecule has 29 heavy (non-hydrogen) atoms. The normalized spacial score (nSPS) is 11.5.